The summed E-state index contributed by atoms with van der Waals surface area (Å²) in [5.74, 6) is 2.72. The van der Waals surface area contributed by atoms with Crippen molar-refractivity contribution in [2.24, 2.45) is 0 Å². The minimum absolute atomic E-state index is 0.0818. The molecule has 1 N–H and O–H groups in total. The Kier molecular flexibility index (Phi) is 9.37. The van der Waals surface area contributed by atoms with Crippen LogP contribution in [0.5, 0.6) is 11.5 Å². The number of amides is 1. The quantitative estimate of drug-likeness (QED) is 0.237. The van der Waals surface area contributed by atoms with E-state index in [1.165, 1.54) is 0 Å². The minimum Gasteiger partial charge on any atom is -0.493 e. The number of rotatable bonds is 14. The van der Waals surface area contributed by atoms with Crippen LogP contribution in [0.3, 0.4) is 0 Å². The van der Waals surface area contributed by atoms with Crippen LogP contribution in [0.25, 0.3) is 11.0 Å². The van der Waals surface area contributed by atoms with E-state index >= 15 is 0 Å². The lowest BCUT2D eigenvalue weighted by Crippen LogP contribution is -2.26. The van der Waals surface area contributed by atoms with Gasteiger partial charge >= 0.3 is 0 Å². The molecule has 0 fully saturated rings. The first kappa shape index (κ1) is 25.3. The molecule has 0 aliphatic rings. The summed E-state index contributed by atoms with van der Waals surface area (Å²) in [6, 6.07) is 25.9. The summed E-state index contributed by atoms with van der Waals surface area (Å²) in [6.07, 6.45) is 5.28. The number of hydrogen-bond donors (Lipinski definition) is 1. The molecule has 0 unspecified atom stereocenters. The number of fused-ring (bicyclic) bond motifs is 1. The molecule has 6 heteroatoms. The molecule has 1 amide bonds. The standard InChI is InChI=1S/C30H35N3O3/c1-35-27-17-9-10-18-28(27)36-22-12-21-33-26-16-8-7-15-25(26)32-29(33)19-6-3-11-20-31-30(34)23-24-13-4-2-5-14-24/h2,4-5,7-10,13-18H,3,6,11-12,19-23H2,1H3,(H,31,34). The van der Waals surface area contributed by atoms with Crippen LogP contribution >= 0.6 is 0 Å². The molecule has 0 spiro atoms. The van der Waals surface area contributed by atoms with E-state index in [0.717, 1.165) is 72.6 Å². The van der Waals surface area contributed by atoms with Crippen LogP contribution in [0.15, 0.2) is 78.9 Å². The van der Waals surface area contributed by atoms with Gasteiger partial charge in [-0.15, -0.1) is 0 Å². The first-order valence-corrected chi connectivity index (χ1v) is 12.7. The van der Waals surface area contributed by atoms with Crippen molar-refractivity contribution in [3.8, 4) is 11.5 Å². The largest absolute Gasteiger partial charge is 0.493 e. The van der Waals surface area contributed by atoms with Gasteiger partial charge in [0.2, 0.25) is 5.91 Å². The molecule has 6 nitrogen and oxygen atoms in total. The highest BCUT2D eigenvalue weighted by Crippen LogP contribution is 2.26. The van der Waals surface area contributed by atoms with Gasteiger partial charge < -0.3 is 19.4 Å². The van der Waals surface area contributed by atoms with Gasteiger partial charge in [0.05, 0.1) is 31.2 Å². The van der Waals surface area contributed by atoms with E-state index in [2.05, 4.69) is 28.1 Å². The van der Waals surface area contributed by atoms with Gasteiger partial charge in [0.25, 0.3) is 0 Å². The van der Waals surface area contributed by atoms with Gasteiger partial charge in [0, 0.05) is 19.5 Å². The minimum atomic E-state index is 0.0818. The SMILES string of the molecule is COc1ccccc1OCCCn1c(CCCCCNC(=O)Cc2ccccc2)nc2ccccc21. The third kappa shape index (κ3) is 7.11. The van der Waals surface area contributed by atoms with Crippen LogP contribution in [-0.4, -0.2) is 35.7 Å². The van der Waals surface area contributed by atoms with Crippen molar-refractivity contribution in [2.75, 3.05) is 20.3 Å². The molecular formula is C30H35N3O3. The summed E-state index contributed by atoms with van der Waals surface area (Å²) in [5.41, 5.74) is 3.24. The molecule has 3 aromatic carbocycles. The molecule has 0 radical (unpaired) electrons. The predicted molar refractivity (Wildman–Crippen MR) is 144 cm³/mol. The number of methoxy groups -OCH3 is 1. The zero-order valence-electron chi connectivity index (χ0n) is 21.0. The number of benzene rings is 3. The number of carbonyl (C=O) groups excluding carboxylic acids is 1. The molecule has 0 aliphatic heterocycles. The number of aryl methyl sites for hydroxylation is 2. The molecule has 188 valence electrons. The first-order valence-electron chi connectivity index (χ1n) is 12.7. The maximum Gasteiger partial charge on any atom is 0.224 e. The zero-order valence-corrected chi connectivity index (χ0v) is 21.0. The van der Waals surface area contributed by atoms with E-state index in [0.29, 0.717) is 19.6 Å². The van der Waals surface area contributed by atoms with E-state index in [-0.39, 0.29) is 5.91 Å². The molecular weight excluding hydrogens is 450 g/mol. The Morgan fingerprint density at radius 2 is 1.61 bits per heavy atom. The molecule has 36 heavy (non-hydrogen) atoms. The van der Waals surface area contributed by atoms with Crippen molar-refractivity contribution in [2.45, 2.75) is 45.1 Å². The van der Waals surface area contributed by atoms with Crippen LogP contribution in [0, 0.1) is 0 Å². The average molecular weight is 486 g/mol. The van der Waals surface area contributed by atoms with E-state index < -0.39 is 0 Å². The second-order valence-electron chi connectivity index (χ2n) is 8.84. The molecule has 4 rings (SSSR count). The molecule has 0 saturated heterocycles. The first-order chi connectivity index (χ1) is 17.7. The monoisotopic (exact) mass is 485 g/mol. The number of nitrogens with zero attached hydrogens (tertiary/aromatic N) is 2. The Morgan fingerprint density at radius 3 is 2.44 bits per heavy atom. The Labute approximate surface area is 213 Å². The summed E-state index contributed by atoms with van der Waals surface area (Å²) >= 11 is 0. The number of carbonyl (C=O) groups is 1. The molecule has 1 aromatic heterocycles. The average Bonchev–Trinajstić information content (AvgIpc) is 3.26. The van der Waals surface area contributed by atoms with E-state index in [1.807, 2.05) is 60.7 Å². The summed E-state index contributed by atoms with van der Waals surface area (Å²) < 4.78 is 13.7. The zero-order chi connectivity index (χ0) is 25.0. The van der Waals surface area contributed by atoms with Crippen molar-refractivity contribution in [3.63, 3.8) is 0 Å². The van der Waals surface area contributed by atoms with Gasteiger partial charge in [-0.25, -0.2) is 4.98 Å². The second-order valence-corrected chi connectivity index (χ2v) is 8.84. The van der Waals surface area contributed by atoms with Crippen LogP contribution in [-0.2, 0) is 24.2 Å². The highest BCUT2D eigenvalue weighted by Gasteiger charge is 2.11. The maximum absolute atomic E-state index is 12.1. The Morgan fingerprint density at radius 1 is 0.861 bits per heavy atom. The highest BCUT2D eigenvalue weighted by atomic mass is 16.5. The van der Waals surface area contributed by atoms with Crippen molar-refractivity contribution in [3.05, 3.63) is 90.3 Å². The highest BCUT2D eigenvalue weighted by molar-refractivity contribution is 5.78. The number of unbranched alkanes of at least 4 members (excludes halogenated alkanes) is 2. The van der Waals surface area contributed by atoms with Crippen LogP contribution in [0.4, 0.5) is 0 Å². The smallest absolute Gasteiger partial charge is 0.224 e. The van der Waals surface area contributed by atoms with Crippen LogP contribution in [0.2, 0.25) is 0 Å². The van der Waals surface area contributed by atoms with Crippen molar-refractivity contribution >= 4 is 16.9 Å². The van der Waals surface area contributed by atoms with Gasteiger partial charge in [-0.05, 0) is 49.1 Å². The van der Waals surface area contributed by atoms with Crippen LogP contribution < -0.4 is 14.8 Å². The second kappa shape index (κ2) is 13.3. The fraction of sp³-hybridized carbons (Fsp3) is 0.333. The lowest BCUT2D eigenvalue weighted by Gasteiger charge is -2.12. The summed E-state index contributed by atoms with van der Waals surface area (Å²) in [4.78, 5) is 17.0. The Balaban J connectivity index is 1.23. The molecule has 1 heterocycles. The van der Waals surface area contributed by atoms with Gasteiger partial charge in [-0.1, -0.05) is 61.0 Å². The predicted octanol–water partition coefficient (Wildman–Crippen LogP) is 5.59. The molecule has 0 bridgehead atoms. The van der Waals surface area contributed by atoms with Crippen molar-refractivity contribution in [1.29, 1.82) is 0 Å². The van der Waals surface area contributed by atoms with E-state index in [4.69, 9.17) is 14.5 Å². The van der Waals surface area contributed by atoms with Crippen LogP contribution in [0.1, 0.15) is 37.1 Å². The number of imidazole rings is 1. The lowest BCUT2D eigenvalue weighted by molar-refractivity contribution is -0.120. The van der Waals surface area contributed by atoms with Crippen molar-refractivity contribution in [1.82, 2.24) is 14.9 Å². The number of para-hydroxylation sites is 4. The number of ether oxygens (including phenoxy) is 2. The molecule has 0 atom stereocenters. The summed E-state index contributed by atoms with van der Waals surface area (Å²) in [5, 5.41) is 3.04. The van der Waals surface area contributed by atoms with Crippen molar-refractivity contribution < 1.29 is 14.3 Å². The fourth-order valence-electron chi connectivity index (χ4n) is 4.37. The van der Waals surface area contributed by atoms with E-state index in [9.17, 15) is 4.79 Å². The van der Waals surface area contributed by atoms with Gasteiger partial charge in [-0.3, -0.25) is 4.79 Å². The summed E-state index contributed by atoms with van der Waals surface area (Å²) in [7, 11) is 1.66. The Bertz CT molecular complexity index is 1240. The van der Waals surface area contributed by atoms with Gasteiger partial charge in [-0.2, -0.15) is 0 Å². The maximum atomic E-state index is 12.1. The summed E-state index contributed by atoms with van der Waals surface area (Å²) in [6.45, 7) is 2.16. The number of aromatic nitrogens is 2. The number of nitrogens with one attached hydrogen (secondary N) is 1. The number of hydrogen-bond acceptors (Lipinski definition) is 4. The third-order valence-corrected chi connectivity index (χ3v) is 6.19. The van der Waals surface area contributed by atoms with Gasteiger partial charge in [0.1, 0.15) is 5.82 Å². The molecule has 0 saturated carbocycles. The Hall–Kier alpha value is -3.80. The van der Waals surface area contributed by atoms with E-state index in [1.54, 1.807) is 7.11 Å². The van der Waals surface area contributed by atoms with Gasteiger partial charge in [0.15, 0.2) is 11.5 Å². The third-order valence-electron chi connectivity index (χ3n) is 6.19. The lowest BCUT2D eigenvalue weighted by atomic mass is 10.1. The topological polar surface area (TPSA) is 65.4 Å². The fourth-order valence-corrected chi connectivity index (χ4v) is 4.37. The molecule has 4 aromatic rings. The normalized spacial score (nSPS) is 10.9. The molecule has 0 aliphatic carbocycles.